The van der Waals surface area contributed by atoms with E-state index >= 15 is 0 Å². The summed E-state index contributed by atoms with van der Waals surface area (Å²) in [5.74, 6) is -0.995. The fourth-order valence-electron chi connectivity index (χ4n) is 2.75. The maximum absolute atomic E-state index is 10.8. The molecule has 0 radical (unpaired) electrons. The molecule has 1 saturated heterocycles. The summed E-state index contributed by atoms with van der Waals surface area (Å²) < 4.78 is 0. The Labute approximate surface area is 121 Å². The van der Waals surface area contributed by atoms with Gasteiger partial charge in [-0.05, 0) is 31.9 Å². The van der Waals surface area contributed by atoms with Crippen molar-refractivity contribution in [2.45, 2.75) is 44.8 Å². The molecule has 1 N–H and O–H groups in total. The highest BCUT2D eigenvalue weighted by atomic mass is 16.4. The molecule has 2 atom stereocenters. The number of aliphatic hydroxyl groups is 1. The predicted octanol–water partition coefficient (Wildman–Crippen LogP) is 1.13. The van der Waals surface area contributed by atoms with Crippen molar-refractivity contribution in [3.63, 3.8) is 0 Å². The van der Waals surface area contributed by atoms with Gasteiger partial charge in [-0.15, -0.1) is 0 Å². The van der Waals surface area contributed by atoms with Crippen LogP contribution in [0.25, 0.3) is 0 Å². The van der Waals surface area contributed by atoms with Gasteiger partial charge in [0.15, 0.2) is 0 Å². The molecule has 2 rings (SSSR count). The summed E-state index contributed by atoms with van der Waals surface area (Å²) in [6, 6.07) is 10.3. The summed E-state index contributed by atoms with van der Waals surface area (Å²) >= 11 is 0. The zero-order chi connectivity index (χ0) is 15.2. The molecule has 4 heteroatoms. The second-order valence-corrected chi connectivity index (χ2v) is 5.17. The van der Waals surface area contributed by atoms with Crippen LogP contribution >= 0.6 is 0 Å². The van der Waals surface area contributed by atoms with Crippen molar-refractivity contribution >= 4 is 5.97 Å². The largest absolute Gasteiger partial charge is 0.550 e. The minimum atomic E-state index is -0.995. The van der Waals surface area contributed by atoms with Gasteiger partial charge in [-0.2, -0.15) is 0 Å². The number of hydrogen-bond acceptors (Lipinski definition) is 4. The van der Waals surface area contributed by atoms with Gasteiger partial charge in [-0.3, -0.25) is 0 Å². The fourth-order valence-corrected chi connectivity index (χ4v) is 2.75. The summed E-state index contributed by atoms with van der Waals surface area (Å²) in [4.78, 5) is 11.5. The first kappa shape index (κ1) is 16.7. The number of benzene rings is 1. The lowest BCUT2D eigenvalue weighted by atomic mass is 9.85. The summed E-state index contributed by atoms with van der Waals surface area (Å²) in [5.41, 5.74) is 0.409. The van der Waals surface area contributed by atoms with E-state index in [4.69, 9.17) is 0 Å². The van der Waals surface area contributed by atoms with Gasteiger partial charge in [-0.25, -0.2) is 0 Å². The number of nitrogens with zero attached hydrogens (tertiary/aromatic N) is 1. The van der Waals surface area contributed by atoms with Gasteiger partial charge >= 0.3 is 0 Å². The minimum absolute atomic E-state index is 0.111. The lowest BCUT2D eigenvalue weighted by molar-refractivity contribution is -0.305. The summed E-state index contributed by atoms with van der Waals surface area (Å²) in [6.07, 6.45) is 1.94. The summed E-state index contributed by atoms with van der Waals surface area (Å²) in [7, 11) is 2.09. The van der Waals surface area contributed by atoms with Crippen LogP contribution in [0.4, 0.5) is 0 Å². The van der Waals surface area contributed by atoms with E-state index in [0.717, 1.165) is 24.9 Å². The lowest BCUT2D eigenvalue weighted by Gasteiger charge is -2.32. The molecule has 20 heavy (non-hydrogen) atoms. The average molecular weight is 278 g/mol. The quantitative estimate of drug-likeness (QED) is 0.900. The van der Waals surface area contributed by atoms with E-state index in [1.54, 1.807) is 0 Å². The Balaban J connectivity index is 0.000000347. The van der Waals surface area contributed by atoms with E-state index in [2.05, 4.69) is 18.9 Å². The molecular formula is C16H24NO3-. The Morgan fingerprint density at radius 2 is 1.95 bits per heavy atom. The molecule has 0 aliphatic carbocycles. The number of rotatable bonds is 3. The normalized spacial score (nSPS) is 25.9. The molecule has 2 unspecified atom stereocenters. The smallest absolute Gasteiger partial charge is 0.106 e. The molecule has 1 aliphatic rings. The zero-order valence-corrected chi connectivity index (χ0v) is 12.5. The van der Waals surface area contributed by atoms with Crippen molar-refractivity contribution in [3.05, 3.63) is 35.9 Å². The number of carboxylic acid groups (broad SMARTS) is 1. The van der Waals surface area contributed by atoms with E-state index in [9.17, 15) is 15.0 Å². The summed E-state index contributed by atoms with van der Waals surface area (Å²) in [6.45, 7) is 4.65. The number of carbonyl (C=O) groups is 1. The highest BCUT2D eigenvalue weighted by Crippen LogP contribution is 2.38. The van der Waals surface area contributed by atoms with E-state index in [0.29, 0.717) is 0 Å². The third kappa shape index (κ3) is 3.81. The van der Waals surface area contributed by atoms with Crippen molar-refractivity contribution in [2.24, 2.45) is 0 Å². The van der Waals surface area contributed by atoms with Gasteiger partial charge in [-0.1, -0.05) is 44.2 Å². The van der Waals surface area contributed by atoms with Crippen LogP contribution in [0.15, 0.2) is 30.3 Å². The number of likely N-dealkylation sites (N-methyl/N-ethyl adjacent to an activating group) is 1. The lowest BCUT2D eigenvalue weighted by Crippen LogP contribution is -2.40. The number of hydrogen-bond donors (Lipinski definition) is 1. The number of aliphatic carboxylic acids is 1. The van der Waals surface area contributed by atoms with E-state index in [1.165, 1.54) is 6.92 Å². The monoisotopic (exact) mass is 278 g/mol. The molecular weight excluding hydrogens is 254 g/mol. The van der Waals surface area contributed by atoms with Crippen LogP contribution in [0.1, 0.15) is 38.7 Å². The molecule has 0 bridgehead atoms. The first-order valence-corrected chi connectivity index (χ1v) is 7.13. The molecule has 1 fully saturated rings. The van der Waals surface area contributed by atoms with Crippen LogP contribution in [-0.2, 0) is 10.4 Å². The maximum Gasteiger partial charge on any atom is 0.106 e. The number of carboxylic acids is 1. The predicted molar refractivity (Wildman–Crippen MR) is 77.0 cm³/mol. The van der Waals surface area contributed by atoms with Gasteiger partial charge in [0.2, 0.25) is 0 Å². The summed E-state index contributed by atoms with van der Waals surface area (Å²) in [5, 5.41) is 20.0. The van der Waals surface area contributed by atoms with Gasteiger partial charge in [0.25, 0.3) is 0 Å². The number of likely N-dealkylation sites (tertiary alicyclic amines) is 1. The van der Waals surface area contributed by atoms with E-state index in [-0.39, 0.29) is 12.5 Å². The van der Waals surface area contributed by atoms with Gasteiger partial charge < -0.3 is 19.9 Å². The van der Waals surface area contributed by atoms with Crippen molar-refractivity contribution < 1.29 is 15.0 Å². The molecule has 1 aromatic carbocycles. The molecule has 1 heterocycles. The zero-order valence-electron chi connectivity index (χ0n) is 12.5. The Hall–Kier alpha value is -1.39. The molecule has 112 valence electrons. The standard InChI is InChI=1S/C13H19NO.C3H6O2/c1-3-12-13(15,9-10-14(12)2)11-7-5-4-6-8-11;1-2-3(4)5/h4-8,12,15H,3,9-10H2,1-2H3;2H2,1H3,(H,4,5)/p-1. The van der Waals surface area contributed by atoms with Gasteiger partial charge in [0.05, 0.1) is 0 Å². The van der Waals surface area contributed by atoms with Crippen LogP contribution in [0.2, 0.25) is 0 Å². The molecule has 0 amide bonds. The number of carbonyl (C=O) groups excluding carboxylic acids is 1. The highest BCUT2D eigenvalue weighted by molar-refractivity contribution is 5.63. The van der Waals surface area contributed by atoms with E-state index < -0.39 is 11.6 Å². The molecule has 0 aromatic heterocycles. The molecule has 1 aromatic rings. The Morgan fingerprint density at radius 1 is 1.40 bits per heavy atom. The van der Waals surface area contributed by atoms with Crippen molar-refractivity contribution in [1.82, 2.24) is 4.90 Å². The van der Waals surface area contributed by atoms with Crippen molar-refractivity contribution in [3.8, 4) is 0 Å². The SMILES string of the molecule is CCC(=O)[O-].CCC1N(C)CCC1(O)c1ccccc1. The van der Waals surface area contributed by atoms with Crippen LogP contribution in [0, 0.1) is 0 Å². The fraction of sp³-hybridized carbons (Fsp3) is 0.562. The topological polar surface area (TPSA) is 63.6 Å². The van der Waals surface area contributed by atoms with E-state index in [1.807, 2.05) is 30.3 Å². The first-order valence-electron chi connectivity index (χ1n) is 7.13. The first-order chi connectivity index (χ1) is 9.45. The Kier molecular flexibility index (Phi) is 6.17. The Morgan fingerprint density at radius 3 is 2.40 bits per heavy atom. The van der Waals surface area contributed by atoms with Crippen molar-refractivity contribution in [1.29, 1.82) is 0 Å². The third-order valence-corrected chi connectivity index (χ3v) is 3.88. The highest BCUT2D eigenvalue weighted by Gasteiger charge is 2.44. The molecule has 4 nitrogen and oxygen atoms in total. The second kappa shape index (κ2) is 7.41. The van der Waals surface area contributed by atoms with Crippen LogP contribution in [-0.4, -0.2) is 35.6 Å². The molecule has 0 spiro atoms. The third-order valence-electron chi connectivity index (χ3n) is 3.88. The van der Waals surface area contributed by atoms with Gasteiger partial charge in [0.1, 0.15) is 5.60 Å². The maximum atomic E-state index is 10.8. The minimum Gasteiger partial charge on any atom is -0.550 e. The second-order valence-electron chi connectivity index (χ2n) is 5.17. The average Bonchev–Trinajstić information content (AvgIpc) is 2.76. The molecule has 0 saturated carbocycles. The van der Waals surface area contributed by atoms with Crippen LogP contribution in [0.5, 0.6) is 0 Å². The van der Waals surface area contributed by atoms with Crippen LogP contribution < -0.4 is 5.11 Å². The Bertz CT molecular complexity index is 421. The van der Waals surface area contributed by atoms with Crippen LogP contribution in [0.3, 0.4) is 0 Å². The van der Waals surface area contributed by atoms with Crippen molar-refractivity contribution in [2.75, 3.05) is 13.6 Å². The van der Waals surface area contributed by atoms with Gasteiger partial charge in [0, 0.05) is 18.6 Å². The molecule has 1 aliphatic heterocycles.